The Labute approximate surface area is 153 Å². The van der Waals surface area contributed by atoms with Crippen molar-refractivity contribution in [2.45, 2.75) is 52.6 Å². The van der Waals surface area contributed by atoms with Crippen LogP contribution in [0.5, 0.6) is 5.75 Å². The quantitative estimate of drug-likeness (QED) is 0.580. The van der Waals surface area contributed by atoms with Crippen molar-refractivity contribution >= 4 is 17.3 Å². The Balaban J connectivity index is 1.65. The molecule has 1 aliphatic carbocycles. The normalized spacial score (nSPS) is 14.3. The number of thiazole rings is 1. The largest absolute Gasteiger partial charge is 0.508 e. The summed E-state index contributed by atoms with van der Waals surface area (Å²) in [7, 11) is 1.76. The van der Waals surface area contributed by atoms with Crippen LogP contribution >= 0.6 is 11.3 Å². The van der Waals surface area contributed by atoms with Gasteiger partial charge in [-0.05, 0) is 56.7 Å². The number of hydrogen-bond donors (Lipinski definition) is 3. The summed E-state index contributed by atoms with van der Waals surface area (Å²) in [5, 5.41) is 18.0. The van der Waals surface area contributed by atoms with Gasteiger partial charge in [-0.25, -0.2) is 4.98 Å². The molecule has 2 aromatic rings. The summed E-state index contributed by atoms with van der Waals surface area (Å²) in [5.74, 6) is 1.11. The van der Waals surface area contributed by atoms with Crippen LogP contribution in [0.2, 0.25) is 0 Å². The van der Waals surface area contributed by atoms with Gasteiger partial charge in [-0.1, -0.05) is 6.07 Å². The van der Waals surface area contributed by atoms with Crippen molar-refractivity contribution in [2.75, 3.05) is 7.05 Å². The average Bonchev–Trinajstić information content (AvgIpc) is 2.94. The SMILES string of the molecule is CN=C(NCc1sc(C)nc1C)NCc1c(O)ccc2c1CCCC2. The van der Waals surface area contributed by atoms with E-state index in [2.05, 4.69) is 26.7 Å². The lowest BCUT2D eigenvalue weighted by atomic mass is 9.88. The summed E-state index contributed by atoms with van der Waals surface area (Å²) in [4.78, 5) is 9.97. The zero-order chi connectivity index (χ0) is 17.8. The van der Waals surface area contributed by atoms with Crippen LogP contribution in [0.1, 0.15) is 45.1 Å². The molecule has 0 aliphatic heterocycles. The number of guanidine groups is 1. The number of benzene rings is 1. The van der Waals surface area contributed by atoms with Crippen LogP contribution < -0.4 is 10.6 Å². The lowest BCUT2D eigenvalue weighted by Crippen LogP contribution is -2.36. The first kappa shape index (κ1) is 17.7. The zero-order valence-corrected chi connectivity index (χ0v) is 16.0. The molecule has 25 heavy (non-hydrogen) atoms. The summed E-state index contributed by atoms with van der Waals surface area (Å²) in [6, 6.07) is 3.89. The number of nitrogens with zero attached hydrogens (tertiary/aromatic N) is 2. The van der Waals surface area contributed by atoms with Crippen LogP contribution in [0.4, 0.5) is 0 Å². The maximum Gasteiger partial charge on any atom is 0.191 e. The van der Waals surface area contributed by atoms with E-state index in [1.54, 1.807) is 18.4 Å². The smallest absolute Gasteiger partial charge is 0.191 e. The van der Waals surface area contributed by atoms with Crippen molar-refractivity contribution in [3.8, 4) is 5.75 Å². The second kappa shape index (κ2) is 7.87. The van der Waals surface area contributed by atoms with E-state index in [0.29, 0.717) is 18.8 Å². The minimum atomic E-state index is 0.373. The molecule has 0 amide bonds. The molecule has 0 fully saturated rings. The molecule has 3 rings (SSSR count). The van der Waals surface area contributed by atoms with Gasteiger partial charge in [-0.2, -0.15) is 0 Å². The lowest BCUT2D eigenvalue weighted by molar-refractivity contribution is 0.464. The fourth-order valence-corrected chi connectivity index (χ4v) is 4.26. The molecule has 0 radical (unpaired) electrons. The number of hydrogen-bond acceptors (Lipinski definition) is 4. The van der Waals surface area contributed by atoms with Crippen molar-refractivity contribution in [1.29, 1.82) is 0 Å². The minimum Gasteiger partial charge on any atom is -0.508 e. The number of aryl methyl sites for hydroxylation is 3. The van der Waals surface area contributed by atoms with E-state index in [0.717, 1.165) is 35.1 Å². The Bertz CT molecular complexity index is 782. The van der Waals surface area contributed by atoms with Gasteiger partial charge in [0.2, 0.25) is 0 Å². The van der Waals surface area contributed by atoms with Crippen LogP contribution in [0.3, 0.4) is 0 Å². The van der Waals surface area contributed by atoms with Crippen LogP contribution in [-0.2, 0) is 25.9 Å². The van der Waals surface area contributed by atoms with Gasteiger partial charge in [0.1, 0.15) is 5.75 Å². The molecule has 0 bridgehead atoms. The third-order valence-electron chi connectivity index (χ3n) is 4.70. The second-order valence-electron chi connectivity index (χ2n) is 6.43. The molecule has 134 valence electrons. The zero-order valence-electron chi connectivity index (χ0n) is 15.1. The number of fused-ring (bicyclic) bond motifs is 1. The first-order valence-electron chi connectivity index (χ1n) is 8.78. The molecule has 3 N–H and O–H groups in total. The molecule has 0 saturated carbocycles. The van der Waals surface area contributed by atoms with E-state index < -0.39 is 0 Å². The molecule has 1 aliphatic rings. The molecule has 6 heteroatoms. The summed E-state index contributed by atoms with van der Waals surface area (Å²) >= 11 is 1.71. The van der Waals surface area contributed by atoms with Crippen LogP contribution in [0.25, 0.3) is 0 Å². The molecule has 0 unspecified atom stereocenters. The topological polar surface area (TPSA) is 69.5 Å². The van der Waals surface area contributed by atoms with E-state index in [9.17, 15) is 5.11 Å². The maximum atomic E-state index is 10.3. The summed E-state index contributed by atoms with van der Waals surface area (Å²) in [5.41, 5.74) is 4.76. The summed E-state index contributed by atoms with van der Waals surface area (Å²) < 4.78 is 0. The molecule has 0 saturated heterocycles. The molecular weight excluding hydrogens is 332 g/mol. The van der Waals surface area contributed by atoms with Gasteiger partial charge in [0.25, 0.3) is 0 Å². The number of nitrogens with one attached hydrogen (secondary N) is 2. The van der Waals surface area contributed by atoms with Gasteiger partial charge >= 0.3 is 0 Å². The molecule has 1 aromatic heterocycles. The minimum absolute atomic E-state index is 0.373. The molecule has 0 atom stereocenters. The Morgan fingerprint density at radius 3 is 2.68 bits per heavy atom. The molecule has 1 heterocycles. The van der Waals surface area contributed by atoms with Gasteiger partial charge in [0, 0.05) is 24.0 Å². The Kier molecular flexibility index (Phi) is 5.58. The van der Waals surface area contributed by atoms with Crippen molar-refractivity contribution < 1.29 is 5.11 Å². The number of phenols is 1. The van der Waals surface area contributed by atoms with E-state index in [4.69, 9.17) is 0 Å². The Morgan fingerprint density at radius 2 is 1.96 bits per heavy atom. The van der Waals surface area contributed by atoms with Crippen molar-refractivity contribution in [2.24, 2.45) is 4.99 Å². The molecular formula is C19H26N4OS. The van der Waals surface area contributed by atoms with E-state index >= 15 is 0 Å². The fraction of sp³-hybridized carbons (Fsp3) is 0.474. The lowest BCUT2D eigenvalue weighted by Gasteiger charge is -2.21. The first-order valence-corrected chi connectivity index (χ1v) is 9.60. The Morgan fingerprint density at radius 1 is 1.20 bits per heavy atom. The van der Waals surface area contributed by atoms with Gasteiger partial charge in [0.05, 0.1) is 17.2 Å². The molecule has 0 spiro atoms. The fourth-order valence-electron chi connectivity index (χ4n) is 3.38. The highest BCUT2D eigenvalue weighted by Crippen LogP contribution is 2.30. The van der Waals surface area contributed by atoms with Gasteiger partial charge in [-0.15, -0.1) is 11.3 Å². The summed E-state index contributed by atoms with van der Waals surface area (Å²) in [6.45, 7) is 5.34. The van der Waals surface area contributed by atoms with Gasteiger partial charge < -0.3 is 15.7 Å². The van der Waals surface area contributed by atoms with Crippen LogP contribution in [0, 0.1) is 13.8 Å². The number of aromatic hydroxyl groups is 1. The maximum absolute atomic E-state index is 10.3. The van der Waals surface area contributed by atoms with Crippen molar-refractivity contribution in [1.82, 2.24) is 15.6 Å². The van der Waals surface area contributed by atoms with E-state index in [1.165, 1.54) is 28.8 Å². The monoisotopic (exact) mass is 358 g/mol. The number of aliphatic imine (C=N–C) groups is 1. The van der Waals surface area contributed by atoms with Crippen molar-refractivity contribution in [3.05, 3.63) is 44.4 Å². The predicted octanol–water partition coefficient (Wildman–Crippen LogP) is 3.21. The second-order valence-corrected chi connectivity index (χ2v) is 7.72. The van der Waals surface area contributed by atoms with E-state index in [-0.39, 0.29) is 0 Å². The third-order valence-corrected chi connectivity index (χ3v) is 5.77. The number of rotatable bonds is 4. The van der Waals surface area contributed by atoms with Crippen LogP contribution in [-0.4, -0.2) is 23.1 Å². The Hall–Kier alpha value is -2.08. The average molecular weight is 359 g/mol. The number of aromatic nitrogens is 1. The highest BCUT2D eigenvalue weighted by molar-refractivity contribution is 7.11. The standard InChI is InChI=1S/C19H26N4OS/c1-12-18(25-13(2)23-12)11-22-19(20-3)21-10-16-15-7-5-4-6-14(15)8-9-17(16)24/h8-9,24H,4-7,10-11H2,1-3H3,(H2,20,21,22). The van der Waals surface area contributed by atoms with Gasteiger partial charge in [-0.3, -0.25) is 4.99 Å². The van der Waals surface area contributed by atoms with E-state index in [1.807, 2.05) is 19.9 Å². The first-order chi connectivity index (χ1) is 12.1. The highest BCUT2D eigenvalue weighted by atomic mass is 32.1. The van der Waals surface area contributed by atoms with Gasteiger partial charge in [0.15, 0.2) is 5.96 Å². The third kappa shape index (κ3) is 4.12. The molecule has 1 aromatic carbocycles. The number of phenolic OH excluding ortho intramolecular Hbond substituents is 1. The van der Waals surface area contributed by atoms with Crippen molar-refractivity contribution in [3.63, 3.8) is 0 Å². The molecule has 5 nitrogen and oxygen atoms in total. The predicted molar refractivity (Wildman–Crippen MR) is 103 cm³/mol. The highest BCUT2D eigenvalue weighted by Gasteiger charge is 2.16. The van der Waals surface area contributed by atoms with Crippen LogP contribution in [0.15, 0.2) is 17.1 Å². The summed E-state index contributed by atoms with van der Waals surface area (Å²) in [6.07, 6.45) is 4.59.